The number of amides is 2. The van der Waals surface area contributed by atoms with Gasteiger partial charge >= 0.3 is 0 Å². The van der Waals surface area contributed by atoms with Gasteiger partial charge in [0.25, 0.3) is 11.8 Å². The second-order valence-corrected chi connectivity index (χ2v) is 5.63. The van der Waals surface area contributed by atoms with Crippen LogP contribution in [-0.4, -0.2) is 36.3 Å². The molecular formula is C15H18N2O2. The van der Waals surface area contributed by atoms with E-state index in [1.165, 1.54) is 4.90 Å². The third-order valence-corrected chi connectivity index (χ3v) is 3.98. The summed E-state index contributed by atoms with van der Waals surface area (Å²) >= 11 is 0. The molecule has 1 N–H and O–H groups in total. The molecule has 2 heterocycles. The summed E-state index contributed by atoms with van der Waals surface area (Å²) in [6.45, 7) is 4.64. The smallest absolute Gasteiger partial charge is 0.261 e. The van der Waals surface area contributed by atoms with Gasteiger partial charge in [-0.25, -0.2) is 0 Å². The molecule has 1 saturated heterocycles. The van der Waals surface area contributed by atoms with Gasteiger partial charge in [-0.05, 0) is 43.5 Å². The Morgan fingerprint density at radius 2 is 1.79 bits per heavy atom. The molecule has 0 spiro atoms. The van der Waals surface area contributed by atoms with E-state index in [1.54, 1.807) is 24.3 Å². The van der Waals surface area contributed by atoms with Gasteiger partial charge in [0.05, 0.1) is 11.1 Å². The Labute approximate surface area is 112 Å². The van der Waals surface area contributed by atoms with Crippen LogP contribution < -0.4 is 5.32 Å². The van der Waals surface area contributed by atoms with Gasteiger partial charge in [0.15, 0.2) is 0 Å². The predicted octanol–water partition coefficient (Wildman–Crippen LogP) is 1.53. The summed E-state index contributed by atoms with van der Waals surface area (Å²) in [5.41, 5.74) is 1.09. The molecular weight excluding hydrogens is 240 g/mol. The van der Waals surface area contributed by atoms with E-state index in [1.807, 2.05) is 0 Å². The van der Waals surface area contributed by atoms with Crippen LogP contribution in [-0.2, 0) is 0 Å². The molecule has 0 radical (unpaired) electrons. The Kier molecular flexibility index (Phi) is 3.11. The van der Waals surface area contributed by atoms with Crippen molar-refractivity contribution in [2.75, 3.05) is 19.6 Å². The van der Waals surface area contributed by atoms with Gasteiger partial charge in [0, 0.05) is 6.54 Å². The molecule has 1 fully saturated rings. The fraction of sp³-hybridized carbons (Fsp3) is 0.467. The molecule has 2 aliphatic rings. The van der Waals surface area contributed by atoms with E-state index in [9.17, 15) is 9.59 Å². The number of hydrogen-bond acceptors (Lipinski definition) is 3. The lowest BCUT2D eigenvalue weighted by Gasteiger charge is -2.30. The van der Waals surface area contributed by atoms with Crippen LogP contribution in [0.15, 0.2) is 24.3 Å². The number of nitrogens with zero attached hydrogens (tertiary/aromatic N) is 1. The zero-order valence-electron chi connectivity index (χ0n) is 11.1. The zero-order valence-corrected chi connectivity index (χ0v) is 11.1. The van der Waals surface area contributed by atoms with Gasteiger partial charge < -0.3 is 5.32 Å². The van der Waals surface area contributed by atoms with E-state index in [-0.39, 0.29) is 11.8 Å². The molecule has 19 heavy (non-hydrogen) atoms. The van der Waals surface area contributed by atoms with E-state index in [4.69, 9.17) is 0 Å². The summed E-state index contributed by atoms with van der Waals surface area (Å²) in [6.07, 6.45) is 1.07. The lowest BCUT2D eigenvalue weighted by atomic mass is 9.91. The largest absolute Gasteiger partial charge is 0.316 e. The van der Waals surface area contributed by atoms with E-state index < -0.39 is 0 Å². The van der Waals surface area contributed by atoms with E-state index >= 15 is 0 Å². The van der Waals surface area contributed by atoms with Crippen molar-refractivity contribution in [1.82, 2.24) is 10.2 Å². The number of rotatable bonds is 2. The van der Waals surface area contributed by atoms with Crippen LogP contribution >= 0.6 is 0 Å². The van der Waals surface area contributed by atoms with Crippen LogP contribution in [0.4, 0.5) is 0 Å². The maximum Gasteiger partial charge on any atom is 0.261 e. The molecule has 0 saturated carbocycles. The van der Waals surface area contributed by atoms with Crippen LogP contribution in [0, 0.1) is 11.8 Å². The Bertz CT molecular complexity index is 492. The molecule has 0 bridgehead atoms. The van der Waals surface area contributed by atoms with Crippen molar-refractivity contribution in [3.05, 3.63) is 35.4 Å². The molecule has 2 aliphatic heterocycles. The first-order valence-electron chi connectivity index (χ1n) is 6.82. The highest BCUT2D eigenvalue weighted by molar-refractivity contribution is 6.21. The van der Waals surface area contributed by atoms with Crippen LogP contribution in [0.25, 0.3) is 0 Å². The van der Waals surface area contributed by atoms with Crippen molar-refractivity contribution in [2.24, 2.45) is 11.8 Å². The highest BCUT2D eigenvalue weighted by Crippen LogP contribution is 2.25. The van der Waals surface area contributed by atoms with Crippen molar-refractivity contribution in [3.8, 4) is 0 Å². The minimum Gasteiger partial charge on any atom is -0.316 e. The number of hydrogen-bond donors (Lipinski definition) is 1. The SMILES string of the molecule is CC1CNCC(CN2C(=O)c3ccccc3C2=O)C1. The number of imide groups is 1. The monoisotopic (exact) mass is 258 g/mol. The number of piperidine rings is 1. The van der Waals surface area contributed by atoms with Crippen molar-refractivity contribution in [3.63, 3.8) is 0 Å². The molecule has 100 valence electrons. The van der Waals surface area contributed by atoms with Gasteiger partial charge in [-0.15, -0.1) is 0 Å². The molecule has 1 aromatic rings. The minimum absolute atomic E-state index is 0.140. The van der Waals surface area contributed by atoms with Crippen molar-refractivity contribution >= 4 is 11.8 Å². The minimum atomic E-state index is -0.140. The highest BCUT2D eigenvalue weighted by Gasteiger charge is 2.36. The van der Waals surface area contributed by atoms with Crippen LogP contribution in [0.1, 0.15) is 34.1 Å². The van der Waals surface area contributed by atoms with Crippen LogP contribution in [0.5, 0.6) is 0 Å². The summed E-state index contributed by atoms with van der Waals surface area (Å²) in [7, 11) is 0. The second kappa shape index (κ2) is 4.78. The molecule has 2 amide bonds. The lowest BCUT2D eigenvalue weighted by Crippen LogP contribution is -2.43. The first-order valence-corrected chi connectivity index (χ1v) is 6.82. The van der Waals surface area contributed by atoms with Gasteiger partial charge in [0.1, 0.15) is 0 Å². The van der Waals surface area contributed by atoms with Gasteiger partial charge in [-0.2, -0.15) is 0 Å². The number of fused-ring (bicyclic) bond motifs is 1. The quantitative estimate of drug-likeness (QED) is 0.818. The van der Waals surface area contributed by atoms with Crippen molar-refractivity contribution < 1.29 is 9.59 Å². The molecule has 4 nitrogen and oxygen atoms in total. The summed E-state index contributed by atoms with van der Waals surface area (Å²) in [5.74, 6) is 0.692. The fourth-order valence-corrected chi connectivity index (χ4v) is 3.07. The summed E-state index contributed by atoms with van der Waals surface area (Å²) < 4.78 is 0. The van der Waals surface area contributed by atoms with E-state index in [0.717, 1.165) is 19.5 Å². The number of benzene rings is 1. The molecule has 2 unspecified atom stereocenters. The average Bonchev–Trinajstić information content (AvgIpc) is 2.65. The number of carbonyl (C=O) groups excluding carboxylic acids is 2. The molecule has 2 atom stereocenters. The second-order valence-electron chi connectivity index (χ2n) is 5.63. The van der Waals surface area contributed by atoms with E-state index in [2.05, 4.69) is 12.2 Å². The van der Waals surface area contributed by atoms with Gasteiger partial charge in [0.2, 0.25) is 0 Å². The summed E-state index contributed by atoms with van der Waals surface area (Å²) in [5, 5.41) is 3.36. The van der Waals surface area contributed by atoms with E-state index in [0.29, 0.717) is 29.5 Å². The molecule has 0 aliphatic carbocycles. The molecule has 0 aromatic heterocycles. The normalized spacial score (nSPS) is 26.7. The van der Waals surface area contributed by atoms with Crippen molar-refractivity contribution in [1.29, 1.82) is 0 Å². The Morgan fingerprint density at radius 1 is 1.16 bits per heavy atom. The predicted molar refractivity (Wildman–Crippen MR) is 71.9 cm³/mol. The fourth-order valence-electron chi connectivity index (χ4n) is 3.07. The molecule has 4 heteroatoms. The average molecular weight is 258 g/mol. The third-order valence-electron chi connectivity index (χ3n) is 3.98. The number of carbonyl (C=O) groups is 2. The Morgan fingerprint density at radius 3 is 2.37 bits per heavy atom. The van der Waals surface area contributed by atoms with Gasteiger partial charge in [-0.1, -0.05) is 19.1 Å². The summed E-state index contributed by atoms with van der Waals surface area (Å²) in [6, 6.07) is 7.07. The lowest BCUT2D eigenvalue weighted by molar-refractivity contribution is 0.0614. The first kappa shape index (κ1) is 12.4. The molecule has 3 rings (SSSR count). The maximum absolute atomic E-state index is 12.2. The standard InChI is InChI=1S/C15H18N2O2/c1-10-6-11(8-16-7-10)9-17-14(18)12-4-2-3-5-13(12)15(17)19/h2-5,10-11,16H,6-9H2,1H3. The topological polar surface area (TPSA) is 49.4 Å². The Hall–Kier alpha value is -1.68. The first-order chi connectivity index (χ1) is 9.16. The molecule has 1 aromatic carbocycles. The summed E-state index contributed by atoms with van der Waals surface area (Å²) in [4.78, 5) is 25.9. The third kappa shape index (κ3) is 2.16. The Balaban J connectivity index is 1.77. The highest BCUT2D eigenvalue weighted by atomic mass is 16.2. The zero-order chi connectivity index (χ0) is 13.4. The van der Waals surface area contributed by atoms with Crippen molar-refractivity contribution in [2.45, 2.75) is 13.3 Å². The van der Waals surface area contributed by atoms with Gasteiger partial charge in [-0.3, -0.25) is 14.5 Å². The number of nitrogens with one attached hydrogen (secondary N) is 1. The van der Waals surface area contributed by atoms with Crippen LogP contribution in [0.3, 0.4) is 0 Å². The maximum atomic E-state index is 12.2. The van der Waals surface area contributed by atoms with Crippen LogP contribution in [0.2, 0.25) is 0 Å².